The van der Waals surface area contributed by atoms with Crippen molar-refractivity contribution in [2.75, 3.05) is 10.3 Å². The van der Waals surface area contributed by atoms with Gasteiger partial charge in [0.25, 0.3) is 11.8 Å². The van der Waals surface area contributed by atoms with E-state index in [2.05, 4.69) is 10.4 Å². The fraction of sp³-hybridized carbons (Fsp3) is 0.200. The van der Waals surface area contributed by atoms with Gasteiger partial charge in [-0.1, -0.05) is 89.4 Å². The van der Waals surface area contributed by atoms with Gasteiger partial charge in [-0.3, -0.25) is 34.3 Å². The molecule has 15 heteroatoms. The first-order valence-electron chi connectivity index (χ1n) is 18.9. The third kappa shape index (κ3) is 6.09. The molecule has 6 unspecified atom stereocenters. The van der Waals surface area contributed by atoms with Crippen LogP contribution in [0.1, 0.15) is 51.4 Å². The van der Waals surface area contributed by atoms with Crippen LogP contribution < -0.4 is 10.3 Å². The molecule has 5 aromatic rings. The van der Waals surface area contributed by atoms with Gasteiger partial charge in [-0.05, 0) is 84.5 Å². The molecule has 0 spiro atoms. The minimum absolute atomic E-state index is 0.0841. The maximum absolute atomic E-state index is 15.3. The second-order valence-corrected chi connectivity index (χ2v) is 16.1. The van der Waals surface area contributed by atoms with Gasteiger partial charge < -0.3 is 5.11 Å². The number of phenolic OH excluding ortho intramolecular Hbond substituents is 1. The van der Waals surface area contributed by atoms with Gasteiger partial charge in [-0.25, -0.2) is 4.98 Å². The van der Waals surface area contributed by atoms with Crippen molar-refractivity contribution in [3.05, 3.63) is 165 Å². The Morgan fingerprint density at radius 3 is 2.18 bits per heavy atom. The molecule has 1 saturated carbocycles. The fourth-order valence-corrected chi connectivity index (χ4v) is 9.97. The van der Waals surface area contributed by atoms with Crippen molar-refractivity contribution < 1.29 is 42.3 Å². The molecule has 6 atom stereocenters. The number of anilines is 2. The molecule has 10 nitrogen and oxygen atoms in total. The van der Waals surface area contributed by atoms with Crippen LogP contribution in [0.2, 0.25) is 10.0 Å². The average Bonchev–Trinajstić information content (AvgIpc) is 3.61. The third-order valence-electron chi connectivity index (χ3n) is 12.2. The Balaban J connectivity index is 1.14. The van der Waals surface area contributed by atoms with Gasteiger partial charge in [0, 0.05) is 28.3 Å². The number of fused-ring (bicyclic) bond motifs is 4. The molecule has 60 heavy (non-hydrogen) atoms. The summed E-state index contributed by atoms with van der Waals surface area (Å²) in [6, 6.07) is 28.1. The van der Waals surface area contributed by atoms with Gasteiger partial charge in [0.05, 0.1) is 39.4 Å². The Kier molecular flexibility index (Phi) is 9.44. The number of aromatic nitrogens is 1. The Bertz CT molecular complexity index is 2660. The lowest BCUT2D eigenvalue weighted by atomic mass is 9.49. The van der Waals surface area contributed by atoms with Crippen molar-refractivity contribution in [3.8, 4) is 5.75 Å². The van der Waals surface area contributed by atoms with Crippen LogP contribution in [0.15, 0.2) is 127 Å². The number of halogens is 5. The number of carbonyl (C=O) groups excluding carboxylic acids is 5. The van der Waals surface area contributed by atoms with Crippen LogP contribution in [-0.4, -0.2) is 44.5 Å². The minimum atomic E-state index is -4.77. The third-order valence-corrected chi connectivity index (χ3v) is 12.7. The Morgan fingerprint density at radius 2 is 1.52 bits per heavy atom. The number of nitrogens with one attached hydrogen (secondary N) is 1. The van der Waals surface area contributed by atoms with E-state index in [1.807, 2.05) is 6.08 Å². The van der Waals surface area contributed by atoms with E-state index < -0.39 is 75.4 Å². The minimum Gasteiger partial charge on any atom is -0.508 e. The SMILES string of the molecule is O=C(c1ccccc1)c1ccc(N2C(=O)C3CC=C4C(CC5C(=O)N(Nc6ncc(C(F)(F)F)cc6Cl)C(=O)C5(c5ccc(Cl)cc5)C4c4cccc(O)c4)C3C2=O)cc1. The van der Waals surface area contributed by atoms with Crippen molar-refractivity contribution in [1.82, 2.24) is 9.99 Å². The molecule has 3 fully saturated rings. The van der Waals surface area contributed by atoms with Crippen LogP contribution in [0, 0.1) is 23.7 Å². The molecule has 0 bridgehead atoms. The number of hydrogen-bond acceptors (Lipinski definition) is 8. The number of carbonyl (C=O) groups is 5. The summed E-state index contributed by atoms with van der Waals surface area (Å²) < 4.78 is 40.5. The summed E-state index contributed by atoms with van der Waals surface area (Å²) in [6.45, 7) is 0. The molecular formula is C45H31Cl2F3N4O6. The number of amides is 4. The number of allylic oxidation sites excluding steroid dienone is 2. The number of phenols is 1. The van der Waals surface area contributed by atoms with Crippen LogP contribution in [-0.2, 0) is 30.8 Å². The zero-order valence-corrected chi connectivity index (χ0v) is 32.6. The molecule has 3 heterocycles. The molecule has 2 N–H and O–H groups in total. The molecule has 1 aromatic heterocycles. The number of aromatic hydroxyl groups is 1. The number of alkyl halides is 3. The molecule has 4 aromatic carbocycles. The maximum atomic E-state index is 15.3. The monoisotopic (exact) mass is 850 g/mol. The van der Waals surface area contributed by atoms with Gasteiger partial charge in [-0.15, -0.1) is 0 Å². The van der Waals surface area contributed by atoms with Crippen LogP contribution in [0.4, 0.5) is 24.7 Å². The maximum Gasteiger partial charge on any atom is 0.417 e. The second-order valence-electron chi connectivity index (χ2n) is 15.3. The summed E-state index contributed by atoms with van der Waals surface area (Å²) in [5, 5.41) is 11.4. The summed E-state index contributed by atoms with van der Waals surface area (Å²) in [5.74, 6) is -8.03. The largest absolute Gasteiger partial charge is 0.508 e. The van der Waals surface area contributed by atoms with E-state index in [4.69, 9.17) is 23.2 Å². The summed E-state index contributed by atoms with van der Waals surface area (Å²) in [7, 11) is 0. The highest BCUT2D eigenvalue weighted by Crippen LogP contribution is 2.64. The summed E-state index contributed by atoms with van der Waals surface area (Å²) >= 11 is 12.6. The lowest BCUT2D eigenvalue weighted by molar-refractivity contribution is -0.139. The Morgan fingerprint density at radius 1 is 0.817 bits per heavy atom. The number of rotatable bonds is 7. The van der Waals surface area contributed by atoms with E-state index in [9.17, 15) is 37.5 Å². The van der Waals surface area contributed by atoms with Crippen molar-refractivity contribution in [2.45, 2.75) is 30.4 Å². The van der Waals surface area contributed by atoms with E-state index in [-0.39, 0.29) is 35.9 Å². The number of hydrazine groups is 1. The van der Waals surface area contributed by atoms with Gasteiger partial charge in [-0.2, -0.15) is 18.2 Å². The van der Waals surface area contributed by atoms with Crippen LogP contribution in [0.5, 0.6) is 5.75 Å². The molecule has 2 aliphatic carbocycles. The molecule has 0 radical (unpaired) electrons. The van der Waals surface area contributed by atoms with Crippen molar-refractivity contribution in [1.29, 1.82) is 0 Å². The normalized spacial score (nSPS) is 24.8. The lowest BCUT2D eigenvalue weighted by Gasteiger charge is -2.50. The second kappa shape index (κ2) is 14.5. The molecule has 9 rings (SSSR count). The highest BCUT2D eigenvalue weighted by atomic mass is 35.5. The highest BCUT2D eigenvalue weighted by Gasteiger charge is 2.70. The van der Waals surface area contributed by atoms with Crippen molar-refractivity contribution in [2.24, 2.45) is 23.7 Å². The van der Waals surface area contributed by atoms with E-state index >= 15 is 4.79 Å². The number of imide groups is 2. The molecule has 4 amide bonds. The van der Waals surface area contributed by atoms with E-state index in [1.165, 1.54) is 12.1 Å². The smallest absolute Gasteiger partial charge is 0.417 e. The van der Waals surface area contributed by atoms with Crippen LogP contribution in [0.3, 0.4) is 0 Å². The van der Waals surface area contributed by atoms with Gasteiger partial charge in [0.15, 0.2) is 11.6 Å². The molecule has 2 aliphatic heterocycles. The van der Waals surface area contributed by atoms with Crippen molar-refractivity contribution >= 4 is 64.1 Å². The Hall–Kier alpha value is -6.31. The fourth-order valence-electron chi connectivity index (χ4n) is 9.63. The van der Waals surface area contributed by atoms with Gasteiger partial charge in [0.1, 0.15) is 5.75 Å². The zero-order chi connectivity index (χ0) is 42.2. The van der Waals surface area contributed by atoms with E-state index in [0.717, 1.165) is 4.90 Å². The van der Waals surface area contributed by atoms with E-state index in [1.54, 1.807) is 91.0 Å². The highest BCUT2D eigenvalue weighted by molar-refractivity contribution is 6.33. The first kappa shape index (κ1) is 39.2. The van der Waals surface area contributed by atoms with Crippen molar-refractivity contribution in [3.63, 3.8) is 0 Å². The number of hydrogen-bond donors (Lipinski definition) is 2. The topological polar surface area (TPSA) is 137 Å². The van der Waals surface area contributed by atoms with Crippen LogP contribution in [0.25, 0.3) is 0 Å². The molecule has 4 aliphatic rings. The molecule has 2 saturated heterocycles. The summed E-state index contributed by atoms with van der Waals surface area (Å²) in [5.41, 5.74) is 2.23. The summed E-state index contributed by atoms with van der Waals surface area (Å²) in [4.78, 5) is 77.2. The lowest BCUT2D eigenvalue weighted by Crippen LogP contribution is -2.53. The number of pyridine rings is 1. The number of benzene rings is 4. The zero-order valence-electron chi connectivity index (χ0n) is 31.1. The molecular weight excluding hydrogens is 820 g/mol. The predicted octanol–water partition coefficient (Wildman–Crippen LogP) is 8.53. The average molecular weight is 852 g/mol. The first-order valence-corrected chi connectivity index (χ1v) is 19.7. The first-order chi connectivity index (χ1) is 28.7. The number of nitrogens with zero attached hydrogens (tertiary/aromatic N) is 3. The van der Waals surface area contributed by atoms with E-state index in [0.29, 0.717) is 50.1 Å². The quantitative estimate of drug-likeness (QED) is 0.0945. The summed E-state index contributed by atoms with van der Waals surface area (Å²) in [6.07, 6.45) is -2.36. The van der Waals surface area contributed by atoms with Crippen LogP contribution >= 0.6 is 23.2 Å². The molecule has 302 valence electrons. The standard InChI is InChI=1S/C45H31Cl2F3N4O6/c46-28-13-11-26(12-14-28)44-34(41(58)54(43(44)60)52-39-35(47)20-27(22-51-39)45(48,49)50)21-33-31(37(44)25-7-4-8-30(55)19-25)17-18-32-36(33)42(59)53(40(32)57)29-15-9-24(10-16-29)38(56)23-5-2-1-3-6-23/h1-17,19-20,22,32-34,36-37,55H,18,21H2,(H,51,52). The Labute approximate surface area is 350 Å². The number of ketones is 1. The predicted molar refractivity (Wildman–Crippen MR) is 214 cm³/mol. The van der Waals surface area contributed by atoms with Gasteiger partial charge >= 0.3 is 6.18 Å². The van der Waals surface area contributed by atoms with Gasteiger partial charge in [0.2, 0.25) is 11.8 Å².